The fourth-order valence-corrected chi connectivity index (χ4v) is 3.00. The van der Waals surface area contributed by atoms with Gasteiger partial charge in [0.15, 0.2) is 11.5 Å². The minimum absolute atomic E-state index is 0.0586. The molecule has 0 bridgehead atoms. The van der Waals surface area contributed by atoms with Crippen molar-refractivity contribution in [3.05, 3.63) is 48.0 Å². The molecule has 0 unspecified atom stereocenters. The van der Waals surface area contributed by atoms with E-state index in [2.05, 4.69) is 25.5 Å². The van der Waals surface area contributed by atoms with Gasteiger partial charge in [0.2, 0.25) is 0 Å². The summed E-state index contributed by atoms with van der Waals surface area (Å²) in [6, 6.07) is 13.5. The van der Waals surface area contributed by atoms with Crippen LogP contribution in [0.15, 0.2) is 42.5 Å². The molecule has 8 nitrogen and oxygen atoms in total. The molecule has 128 valence electrons. The van der Waals surface area contributed by atoms with Crippen LogP contribution in [0.2, 0.25) is 0 Å². The van der Waals surface area contributed by atoms with Gasteiger partial charge < -0.3 is 9.64 Å². The Morgan fingerprint density at radius 1 is 1.12 bits per heavy atom. The maximum atomic E-state index is 12.3. The zero-order valence-corrected chi connectivity index (χ0v) is 13.7. The summed E-state index contributed by atoms with van der Waals surface area (Å²) >= 11 is 0. The van der Waals surface area contributed by atoms with Crippen molar-refractivity contribution in [3.63, 3.8) is 0 Å². The second-order valence-corrected chi connectivity index (χ2v) is 6.07. The number of tetrazole rings is 1. The maximum absolute atomic E-state index is 12.3. The van der Waals surface area contributed by atoms with Crippen molar-refractivity contribution in [1.82, 2.24) is 25.3 Å². The molecule has 0 spiro atoms. The lowest BCUT2D eigenvalue weighted by atomic mass is 9.97. The first-order chi connectivity index (χ1) is 12.3. The van der Waals surface area contributed by atoms with Gasteiger partial charge in [0.25, 0.3) is 0 Å². The Morgan fingerprint density at radius 3 is 2.72 bits per heavy atom. The van der Waals surface area contributed by atoms with Crippen LogP contribution in [0.4, 0.5) is 5.82 Å². The van der Waals surface area contributed by atoms with Crippen LogP contribution in [0.3, 0.4) is 0 Å². The lowest BCUT2D eigenvalue weighted by molar-refractivity contribution is -0.150. The predicted molar refractivity (Wildman–Crippen MR) is 89.8 cm³/mol. The van der Waals surface area contributed by atoms with Crippen LogP contribution in [0.1, 0.15) is 18.4 Å². The lowest BCUT2D eigenvalue weighted by Gasteiger charge is -2.31. The summed E-state index contributed by atoms with van der Waals surface area (Å²) in [5, 5.41) is 15.6. The first-order valence-electron chi connectivity index (χ1n) is 8.30. The van der Waals surface area contributed by atoms with Gasteiger partial charge >= 0.3 is 5.97 Å². The molecule has 2 aromatic heterocycles. The summed E-state index contributed by atoms with van der Waals surface area (Å²) in [4.78, 5) is 14.4. The lowest BCUT2D eigenvalue weighted by Crippen LogP contribution is -2.37. The van der Waals surface area contributed by atoms with Gasteiger partial charge in [-0.05, 0) is 41.0 Å². The monoisotopic (exact) mass is 338 g/mol. The van der Waals surface area contributed by atoms with Crippen LogP contribution < -0.4 is 4.90 Å². The van der Waals surface area contributed by atoms with E-state index < -0.39 is 0 Å². The standard InChI is InChI=1S/C17H18N6O2/c24-17(25-12-13-4-2-1-3-5-13)14-8-10-22(11-9-14)16-7-6-15-18-20-21-23(15)19-16/h1-7,14H,8-12H2. The number of carbonyl (C=O) groups excluding carboxylic acids is 1. The normalized spacial score (nSPS) is 15.4. The Hall–Kier alpha value is -3.03. The average molecular weight is 338 g/mol. The molecule has 4 rings (SSSR count). The van der Waals surface area contributed by atoms with E-state index in [1.54, 1.807) is 0 Å². The number of aromatic nitrogens is 5. The van der Waals surface area contributed by atoms with Crippen LogP contribution >= 0.6 is 0 Å². The van der Waals surface area contributed by atoms with E-state index in [1.807, 2.05) is 42.5 Å². The van der Waals surface area contributed by atoms with E-state index in [0.29, 0.717) is 12.3 Å². The van der Waals surface area contributed by atoms with Gasteiger partial charge in [0.1, 0.15) is 6.61 Å². The highest BCUT2D eigenvalue weighted by Crippen LogP contribution is 2.23. The van der Waals surface area contributed by atoms with Crippen molar-refractivity contribution < 1.29 is 9.53 Å². The molecule has 1 fully saturated rings. The highest BCUT2D eigenvalue weighted by molar-refractivity contribution is 5.72. The molecule has 1 aromatic carbocycles. The second-order valence-electron chi connectivity index (χ2n) is 6.07. The quantitative estimate of drug-likeness (QED) is 0.666. The molecular formula is C17H18N6O2. The molecule has 0 saturated carbocycles. The van der Waals surface area contributed by atoms with Gasteiger partial charge in [-0.3, -0.25) is 4.79 Å². The van der Waals surface area contributed by atoms with E-state index in [1.165, 1.54) is 4.63 Å². The molecule has 25 heavy (non-hydrogen) atoms. The zero-order valence-electron chi connectivity index (χ0n) is 13.7. The number of ether oxygens (including phenoxy) is 1. The van der Waals surface area contributed by atoms with E-state index >= 15 is 0 Å². The molecule has 0 amide bonds. The Bertz CT molecular complexity index is 858. The van der Waals surface area contributed by atoms with Crippen LogP contribution in [0.25, 0.3) is 5.65 Å². The number of esters is 1. The molecule has 0 atom stereocenters. The van der Waals surface area contributed by atoms with Crippen LogP contribution in [0, 0.1) is 5.92 Å². The third-order valence-corrected chi connectivity index (χ3v) is 4.43. The largest absolute Gasteiger partial charge is 0.461 e. The first-order valence-corrected chi connectivity index (χ1v) is 8.30. The molecule has 8 heteroatoms. The molecular weight excluding hydrogens is 320 g/mol. The number of fused-ring (bicyclic) bond motifs is 1. The Balaban J connectivity index is 1.32. The van der Waals surface area contributed by atoms with Crippen molar-refractivity contribution in [2.45, 2.75) is 19.4 Å². The number of rotatable bonds is 4. The minimum atomic E-state index is -0.118. The summed E-state index contributed by atoms with van der Waals surface area (Å²) in [6.07, 6.45) is 1.51. The summed E-state index contributed by atoms with van der Waals surface area (Å²) in [5.41, 5.74) is 1.62. The van der Waals surface area contributed by atoms with Gasteiger partial charge in [-0.1, -0.05) is 30.3 Å². The fraction of sp³-hybridized carbons (Fsp3) is 0.353. The molecule has 1 aliphatic rings. The number of nitrogens with zero attached hydrogens (tertiary/aromatic N) is 6. The molecule has 0 radical (unpaired) electrons. The minimum Gasteiger partial charge on any atom is -0.461 e. The van der Waals surface area contributed by atoms with Crippen molar-refractivity contribution >= 4 is 17.4 Å². The van der Waals surface area contributed by atoms with Gasteiger partial charge in [0, 0.05) is 13.1 Å². The van der Waals surface area contributed by atoms with Crippen molar-refractivity contribution in [1.29, 1.82) is 0 Å². The van der Waals surface area contributed by atoms with Gasteiger partial charge in [-0.15, -0.1) is 14.8 Å². The van der Waals surface area contributed by atoms with E-state index in [-0.39, 0.29) is 11.9 Å². The number of carbonyl (C=O) groups is 1. The van der Waals surface area contributed by atoms with E-state index in [0.717, 1.165) is 37.3 Å². The molecule has 3 heterocycles. The maximum Gasteiger partial charge on any atom is 0.309 e. The van der Waals surface area contributed by atoms with Gasteiger partial charge in [-0.2, -0.15) is 0 Å². The third-order valence-electron chi connectivity index (χ3n) is 4.43. The second kappa shape index (κ2) is 6.84. The van der Waals surface area contributed by atoms with Crippen LogP contribution in [-0.2, 0) is 16.1 Å². The number of hydrogen-bond donors (Lipinski definition) is 0. The van der Waals surface area contributed by atoms with Crippen LogP contribution in [-0.4, -0.2) is 44.3 Å². The fourth-order valence-electron chi connectivity index (χ4n) is 3.00. The van der Waals surface area contributed by atoms with Crippen LogP contribution in [0.5, 0.6) is 0 Å². The van der Waals surface area contributed by atoms with Gasteiger partial charge in [0.05, 0.1) is 5.92 Å². The number of benzene rings is 1. The molecule has 1 saturated heterocycles. The summed E-state index contributed by atoms with van der Waals surface area (Å²) in [5.74, 6) is 0.639. The van der Waals surface area contributed by atoms with E-state index in [4.69, 9.17) is 4.74 Å². The number of piperidine rings is 1. The summed E-state index contributed by atoms with van der Waals surface area (Å²) in [7, 11) is 0. The summed E-state index contributed by atoms with van der Waals surface area (Å²) in [6.45, 7) is 1.84. The van der Waals surface area contributed by atoms with E-state index in [9.17, 15) is 4.79 Å². The SMILES string of the molecule is O=C(OCc1ccccc1)C1CCN(c2ccc3nnnn3n2)CC1. The van der Waals surface area contributed by atoms with Crippen molar-refractivity contribution in [3.8, 4) is 0 Å². The van der Waals surface area contributed by atoms with Crippen molar-refractivity contribution in [2.24, 2.45) is 5.92 Å². The molecule has 0 N–H and O–H groups in total. The highest BCUT2D eigenvalue weighted by Gasteiger charge is 2.27. The average Bonchev–Trinajstić information content (AvgIpc) is 3.15. The Kier molecular flexibility index (Phi) is 4.24. The Morgan fingerprint density at radius 2 is 1.92 bits per heavy atom. The van der Waals surface area contributed by atoms with Crippen molar-refractivity contribution in [2.75, 3.05) is 18.0 Å². The molecule has 3 aromatic rings. The third kappa shape index (κ3) is 3.42. The first kappa shape index (κ1) is 15.5. The zero-order chi connectivity index (χ0) is 17.1. The topological polar surface area (TPSA) is 85.5 Å². The number of anilines is 1. The number of hydrogen-bond acceptors (Lipinski definition) is 7. The summed E-state index contributed by atoms with van der Waals surface area (Å²) < 4.78 is 6.86. The van der Waals surface area contributed by atoms with Gasteiger partial charge in [-0.25, -0.2) is 0 Å². The molecule has 0 aliphatic carbocycles. The predicted octanol–water partition coefficient (Wildman–Crippen LogP) is 1.48. The smallest absolute Gasteiger partial charge is 0.309 e. The Labute approximate surface area is 144 Å². The molecule has 1 aliphatic heterocycles. The highest BCUT2D eigenvalue weighted by atomic mass is 16.5.